The van der Waals surface area contributed by atoms with Gasteiger partial charge in [0.25, 0.3) is 0 Å². The van der Waals surface area contributed by atoms with Crippen molar-refractivity contribution in [2.45, 2.75) is 13.5 Å². The van der Waals surface area contributed by atoms with Crippen LogP contribution in [0.25, 0.3) is 0 Å². The Balaban J connectivity index is 2.15. The van der Waals surface area contributed by atoms with Crippen LogP contribution < -0.4 is 4.74 Å². The first kappa shape index (κ1) is 11.9. The maximum atomic E-state index is 13.3. The first-order chi connectivity index (χ1) is 8.09. The van der Waals surface area contributed by atoms with E-state index in [-0.39, 0.29) is 18.2 Å². The van der Waals surface area contributed by atoms with Gasteiger partial charge < -0.3 is 4.74 Å². The van der Waals surface area contributed by atoms with Crippen molar-refractivity contribution in [1.29, 1.82) is 0 Å². The SMILES string of the molecule is Cc1nn(C)c(Cl)c1COc1ccccc1F. The molecule has 90 valence electrons. The second-order valence-electron chi connectivity index (χ2n) is 3.70. The third kappa shape index (κ3) is 2.42. The maximum absolute atomic E-state index is 13.3. The normalized spacial score (nSPS) is 10.6. The highest BCUT2D eigenvalue weighted by molar-refractivity contribution is 6.30. The summed E-state index contributed by atoms with van der Waals surface area (Å²) >= 11 is 6.05. The van der Waals surface area contributed by atoms with E-state index in [4.69, 9.17) is 16.3 Å². The van der Waals surface area contributed by atoms with E-state index in [1.54, 1.807) is 29.9 Å². The van der Waals surface area contributed by atoms with Gasteiger partial charge in [-0.05, 0) is 19.1 Å². The number of hydrogen-bond acceptors (Lipinski definition) is 2. The molecule has 0 saturated carbocycles. The summed E-state index contributed by atoms with van der Waals surface area (Å²) in [5.74, 6) is -0.169. The van der Waals surface area contributed by atoms with E-state index >= 15 is 0 Å². The minimum Gasteiger partial charge on any atom is -0.486 e. The molecule has 2 rings (SSSR count). The van der Waals surface area contributed by atoms with Crippen molar-refractivity contribution in [3.05, 3.63) is 46.5 Å². The van der Waals surface area contributed by atoms with Crippen LogP contribution in [0.1, 0.15) is 11.3 Å². The van der Waals surface area contributed by atoms with Crippen LogP contribution in [-0.2, 0) is 13.7 Å². The van der Waals surface area contributed by atoms with Crippen LogP contribution in [-0.4, -0.2) is 9.78 Å². The molecule has 0 radical (unpaired) electrons. The van der Waals surface area contributed by atoms with Gasteiger partial charge in [-0.3, -0.25) is 4.68 Å². The molecule has 5 heteroatoms. The molecule has 0 aliphatic rings. The summed E-state index contributed by atoms with van der Waals surface area (Å²) in [5, 5.41) is 4.67. The summed E-state index contributed by atoms with van der Waals surface area (Å²) in [4.78, 5) is 0. The predicted molar refractivity (Wildman–Crippen MR) is 63.7 cm³/mol. The Kier molecular flexibility index (Phi) is 3.33. The van der Waals surface area contributed by atoms with Gasteiger partial charge >= 0.3 is 0 Å². The average Bonchev–Trinajstić information content (AvgIpc) is 2.53. The molecule has 17 heavy (non-hydrogen) atoms. The Morgan fingerprint density at radius 2 is 2.12 bits per heavy atom. The van der Waals surface area contributed by atoms with Gasteiger partial charge in [0.05, 0.1) is 5.69 Å². The molecule has 0 fully saturated rings. The Hall–Kier alpha value is -1.55. The lowest BCUT2D eigenvalue weighted by atomic mass is 10.3. The average molecular weight is 255 g/mol. The van der Waals surface area contributed by atoms with Crippen molar-refractivity contribution in [2.24, 2.45) is 7.05 Å². The van der Waals surface area contributed by atoms with Crippen LogP contribution in [0.15, 0.2) is 24.3 Å². The molecule has 0 atom stereocenters. The van der Waals surface area contributed by atoms with E-state index in [0.29, 0.717) is 5.15 Å². The smallest absolute Gasteiger partial charge is 0.165 e. The number of aromatic nitrogens is 2. The summed E-state index contributed by atoms with van der Waals surface area (Å²) in [5.41, 5.74) is 1.56. The molecule has 1 heterocycles. The monoisotopic (exact) mass is 254 g/mol. The van der Waals surface area contributed by atoms with E-state index < -0.39 is 0 Å². The molecule has 2 aromatic rings. The first-order valence-corrected chi connectivity index (χ1v) is 5.52. The van der Waals surface area contributed by atoms with Crippen molar-refractivity contribution in [3.63, 3.8) is 0 Å². The van der Waals surface area contributed by atoms with E-state index in [0.717, 1.165) is 11.3 Å². The summed E-state index contributed by atoms with van der Waals surface area (Å²) in [7, 11) is 1.75. The molecule has 0 aliphatic carbocycles. The topological polar surface area (TPSA) is 27.1 Å². The molecule has 1 aromatic heterocycles. The highest BCUT2D eigenvalue weighted by atomic mass is 35.5. The predicted octanol–water partition coefficient (Wildman–Crippen LogP) is 3.10. The summed E-state index contributed by atoms with van der Waals surface area (Å²) < 4.78 is 20.3. The van der Waals surface area contributed by atoms with E-state index in [2.05, 4.69) is 5.10 Å². The summed E-state index contributed by atoms with van der Waals surface area (Å²) in [6.07, 6.45) is 0. The fraction of sp³-hybridized carbons (Fsp3) is 0.250. The van der Waals surface area contributed by atoms with Crippen molar-refractivity contribution in [1.82, 2.24) is 9.78 Å². The van der Waals surface area contributed by atoms with Crippen LogP contribution in [0.4, 0.5) is 4.39 Å². The van der Waals surface area contributed by atoms with Crippen molar-refractivity contribution in [3.8, 4) is 5.75 Å². The van der Waals surface area contributed by atoms with Gasteiger partial charge in [-0.15, -0.1) is 0 Å². The molecule has 0 amide bonds. The number of nitrogens with zero attached hydrogens (tertiary/aromatic N) is 2. The highest BCUT2D eigenvalue weighted by Gasteiger charge is 2.12. The zero-order valence-corrected chi connectivity index (χ0v) is 10.3. The quantitative estimate of drug-likeness (QED) is 0.842. The second kappa shape index (κ2) is 4.75. The van der Waals surface area contributed by atoms with Gasteiger partial charge in [-0.25, -0.2) is 4.39 Å². The molecule has 0 aliphatic heterocycles. The number of hydrogen-bond donors (Lipinski definition) is 0. The first-order valence-electron chi connectivity index (χ1n) is 5.15. The number of ether oxygens (including phenoxy) is 1. The molecule has 0 unspecified atom stereocenters. The Labute approximate surface area is 104 Å². The number of aryl methyl sites for hydroxylation is 2. The van der Waals surface area contributed by atoms with Crippen LogP contribution in [0.3, 0.4) is 0 Å². The largest absolute Gasteiger partial charge is 0.486 e. The van der Waals surface area contributed by atoms with Gasteiger partial charge in [0.2, 0.25) is 0 Å². The Morgan fingerprint density at radius 3 is 2.71 bits per heavy atom. The van der Waals surface area contributed by atoms with Gasteiger partial charge in [0.1, 0.15) is 11.8 Å². The van der Waals surface area contributed by atoms with Crippen LogP contribution >= 0.6 is 11.6 Å². The molecular weight excluding hydrogens is 243 g/mol. The second-order valence-corrected chi connectivity index (χ2v) is 4.06. The standard InChI is InChI=1S/C12H12ClFN2O/c1-8-9(12(13)16(2)15-8)7-17-11-6-4-3-5-10(11)14/h3-6H,7H2,1-2H3. The van der Waals surface area contributed by atoms with E-state index in [1.165, 1.54) is 6.07 Å². The minimum atomic E-state index is -0.384. The zero-order valence-electron chi connectivity index (χ0n) is 9.58. The molecular formula is C12H12ClFN2O. The molecule has 0 spiro atoms. The van der Waals surface area contributed by atoms with Gasteiger partial charge in [0, 0.05) is 12.6 Å². The number of halogens is 2. The lowest BCUT2D eigenvalue weighted by molar-refractivity contribution is 0.289. The molecule has 0 bridgehead atoms. The van der Waals surface area contributed by atoms with Gasteiger partial charge in [0.15, 0.2) is 11.6 Å². The van der Waals surface area contributed by atoms with Gasteiger partial charge in [-0.2, -0.15) is 5.10 Å². The molecule has 3 nitrogen and oxygen atoms in total. The molecule has 0 N–H and O–H groups in total. The lowest BCUT2D eigenvalue weighted by Crippen LogP contribution is -1.98. The number of benzene rings is 1. The van der Waals surface area contributed by atoms with Crippen LogP contribution in [0, 0.1) is 12.7 Å². The maximum Gasteiger partial charge on any atom is 0.165 e. The number of rotatable bonds is 3. The number of para-hydroxylation sites is 1. The fourth-order valence-electron chi connectivity index (χ4n) is 1.55. The fourth-order valence-corrected chi connectivity index (χ4v) is 1.78. The lowest BCUT2D eigenvalue weighted by Gasteiger charge is -2.06. The molecule has 0 saturated heterocycles. The van der Waals surface area contributed by atoms with Crippen molar-refractivity contribution < 1.29 is 9.13 Å². The van der Waals surface area contributed by atoms with E-state index in [1.807, 2.05) is 6.92 Å². The van der Waals surface area contributed by atoms with Crippen LogP contribution in [0.5, 0.6) is 5.75 Å². The Morgan fingerprint density at radius 1 is 1.41 bits per heavy atom. The van der Waals surface area contributed by atoms with Crippen LogP contribution in [0.2, 0.25) is 5.15 Å². The summed E-state index contributed by atoms with van der Waals surface area (Å²) in [6, 6.07) is 6.27. The minimum absolute atomic E-state index is 0.208. The highest BCUT2D eigenvalue weighted by Crippen LogP contribution is 2.22. The Bertz CT molecular complexity index is 539. The van der Waals surface area contributed by atoms with E-state index in [9.17, 15) is 4.39 Å². The molecule has 1 aromatic carbocycles. The van der Waals surface area contributed by atoms with Gasteiger partial charge in [-0.1, -0.05) is 23.7 Å². The van der Waals surface area contributed by atoms with Crippen molar-refractivity contribution >= 4 is 11.6 Å². The van der Waals surface area contributed by atoms with Crippen molar-refractivity contribution in [2.75, 3.05) is 0 Å². The third-order valence-corrected chi connectivity index (χ3v) is 2.95. The summed E-state index contributed by atoms with van der Waals surface area (Å²) in [6.45, 7) is 2.05. The zero-order chi connectivity index (χ0) is 12.4. The third-order valence-electron chi connectivity index (χ3n) is 2.48.